The molecule has 1 atom stereocenters. The van der Waals surface area contributed by atoms with Crippen molar-refractivity contribution in [3.8, 4) is 5.75 Å². The van der Waals surface area contributed by atoms with E-state index in [4.69, 9.17) is 16.3 Å². The van der Waals surface area contributed by atoms with Gasteiger partial charge in [0.2, 0.25) is 0 Å². The summed E-state index contributed by atoms with van der Waals surface area (Å²) in [6.45, 7) is 2.53. The summed E-state index contributed by atoms with van der Waals surface area (Å²) in [5.41, 5.74) is 1.01. The number of ether oxygens (including phenoxy) is 2. The number of unbranched alkanes of at least 4 members (excludes halogenated alkanes) is 1. The first kappa shape index (κ1) is 24.6. The maximum absolute atomic E-state index is 11.1. The SMILES string of the molecule is CN=C(NCCCCC(=O)OC)NC1CCN(c2cc(Cl)ccc2OC)C1.I. The molecule has 7 nitrogen and oxygen atoms in total. The predicted molar refractivity (Wildman–Crippen MR) is 124 cm³/mol. The number of rotatable bonds is 8. The Hall–Kier alpha value is -1.42. The number of methoxy groups -OCH3 is 2. The fourth-order valence-electron chi connectivity index (χ4n) is 3.10. The van der Waals surface area contributed by atoms with E-state index in [1.165, 1.54) is 7.11 Å². The second-order valence-electron chi connectivity index (χ2n) is 6.42. The summed E-state index contributed by atoms with van der Waals surface area (Å²) in [5, 5.41) is 7.46. The molecule has 158 valence electrons. The van der Waals surface area contributed by atoms with Crippen molar-refractivity contribution in [2.75, 3.05) is 45.8 Å². The van der Waals surface area contributed by atoms with Crippen LogP contribution in [0.15, 0.2) is 23.2 Å². The predicted octanol–water partition coefficient (Wildman–Crippen LogP) is 3.05. The molecule has 1 aromatic carbocycles. The van der Waals surface area contributed by atoms with Gasteiger partial charge in [0.1, 0.15) is 5.75 Å². The highest BCUT2D eigenvalue weighted by Gasteiger charge is 2.25. The Morgan fingerprint density at radius 2 is 2.14 bits per heavy atom. The first-order chi connectivity index (χ1) is 13.1. The maximum Gasteiger partial charge on any atom is 0.305 e. The molecule has 0 bridgehead atoms. The van der Waals surface area contributed by atoms with Crippen molar-refractivity contribution in [3.63, 3.8) is 0 Å². The van der Waals surface area contributed by atoms with Gasteiger partial charge < -0.3 is 25.0 Å². The van der Waals surface area contributed by atoms with Crippen LogP contribution in [0, 0.1) is 0 Å². The summed E-state index contributed by atoms with van der Waals surface area (Å²) in [5.74, 6) is 1.44. The van der Waals surface area contributed by atoms with Crippen molar-refractivity contribution in [3.05, 3.63) is 23.2 Å². The first-order valence-corrected chi connectivity index (χ1v) is 9.57. The van der Waals surface area contributed by atoms with Gasteiger partial charge in [0.25, 0.3) is 0 Å². The van der Waals surface area contributed by atoms with E-state index in [0.29, 0.717) is 11.4 Å². The van der Waals surface area contributed by atoms with E-state index in [2.05, 4.69) is 25.3 Å². The third kappa shape index (κ3) is 7.54. The van der Waals surface area contributed by atoms with Crippen molar-refractivity contribution < 1.29 is 14.3 Å². The molecule has 0 radical (unpaired) electrons. The number of carbonyl (C=O) groups excluding carboxylic acids is 1. The maximum atomic E-state index is 11.1. The molecular formula is C19H30ClIN4O3. The normalized spacial score (nSPS) is 16.4. The molecule has 0 spiro atoms. The van der Waals surface area contributed by atoms with Gasteiger partial charge in [0.05, 0.1) is 19.9 Å². The largest absolute Gasteiger partial charge is 0.495 e. The third-order valence-electron chi connectivity index (χ3n) is 4.56. The molecule has 0 aliphatic carbocycles. The molecule has 0 saturated carbocycles. The fraction of sp³-hybridized carbons (Fsp3) is 0.579. The topological polar surface area (TPSA) is 75.2 Å². The number of benzene rings is 1. The fourth-order valence-corrected chi connectivity index (χ4v) is 3.26. The Labute approximate surface area is 189 Å². The number of guanidine groups is 1. The van der Waals surface area contributed by atoms with Gasteiger partial charge in [-0.05, 0) is 37.5 Å². The van der Waals surface area contributed by atoms with E-state index < -0.39 is 0 Å². The lowest BCUT2D eigenvalue weighted by atomic mass is 10.2. The highest BCUT2D eigenvalue weighted by molar-refractivity contribution is 14.0. The van der Waals surface area contributed by atoms with Crippen molar-refractivity contribution in [1.29, 1.82) is 0 Å². The molecule has 1 heterocycles. The zero-order chi connectivity index (χ0) is 19.6. The second-order valence-corrected chi connectivity index (χ2v) is 6.86. The molecule has 2 N–H and O–H groups in total. The van der Waals surface area contributed by atoms with Gasteiger partial charge in [-0.1, -0.05) is 11.6 Å². The average Bonchev–Trinajstić information content (AvgIpc) is 3.14. The van der Waals surface area contributed by atoms with Crippen molar-refractivity contribution in [1.82, 2.24) is 10.6 Å². The Morgan fingerprint density at radius 3 is 2.82 bits per heavy atom. The molecule has 9 heteroatoms. The lowest BCUT2D eigenvalue weighted by Crippen LogP contribution is -2.44. The molecule has 2 rings (SSSR count). The van der Waals surface area contributed by atoms with Crippen LogP contribution >= 0.6 is 35.6 Å². The van der Waals surface area contributed by atoms with Gasteiger partial charge >= 0.3 is 5.97 Å². The number of halogens is 2. The minimum Gasteiger partial charge on any atom is -0.495 e. The van der Waals surface area contributed by atoms with Crippen LogP contribution in [0.4, 0.5) is 5.69 Å². The molecule has 1 fully saturated rings. The van der Waals surface area contributed by atoms with Gasteiger partial charge in [-0.25, -0.2) is 0 Å². The zero-order valence-corrected chi connectivity index (χ0v) is 19.8. The highest BCUT2D eigenvalue weighted by atomic mass is 127. The van der Waals surface area contributed by atoms with Gasteiger partial charge in [0.15, 0.2) is 5.96 Å². The lowest BCUT2D eigenvalue weighted by molar-refractivity contribution is -0.140. The number of carbonyl (C=O) groups is 1. The molecule has 1 aliphatic heterocycles. The Bertz CT molecular complexity index is 660. The van der Waals surface area contributed by atoms with Crippen molar-refractivity contribution in [2.45, 2.75) is 31.7 Å². The van der Waals surface area contributed by atoms with Gasteiger partial charge in [-0.3, -0.25) is 9.79 Å². The standard InChI is InChI=1S/C19H29ClN4O3.HI/c1-21-19(22-10-5-4-6-18(25)27-3)23-15-9-11-24(13-15)16-12-14(20)7-8-17(16)26-2;/h7-8,12,15H,4-6,9-11,13H2,1-3H3,(H2,21,22,23);1H. The summed E-state index contributed by atoms with van der Waals surface area (Å²) in [7, 11) is 4.84. The van der Waals surface area contributed by atoms with Crippen LogP contribution in [-0.2, 0) is 9.53 Å². The quantitative estimate of drug-likeness (QED) is 0.179. The average molecular weight is 525 g/mol. The number of anilines is 1. The Morgan fingerprint density at radius 1 is 1.36 bits per heavy atom. The molecule has 1 aliphatic rings. The molecular weight excluding hydrogens is 495 g/mol. The smallest absolute Gasteiger partial charge is 0.305 e. The molecule has 1 aromatic rings. The van der Waals surface area contributed by atoms with E-state index >= 15 is 0 Å². The van der Waals surface area contributed by atoms with Crippen LogP contribution < -0.4 is 20.3 Å². The number of aliphatic imine (C=N–C) groups is 1. The molecule has 0 amide bonds. The summed E-state index contributed by atoms with van der Waals surface area (Å²) in [6, 6.07) is 5.96. The van der Waals surface area contributed by atoms with E-state index in [9.17, 15) is 4.79 Å². The van der Waals surface area contributed by atoms with Crippen LogP contribution in [0.2, 0.25) is 5.02 Å². The number of nitrogens with zero attached hydrogens (tertiary/aromatic N) is 2. The van der Waals surface area contributed by atoms with Crippen molar-refractivity contribution in [2.24, 2.45) is 4.99 Å². The first-order valence-electron chi connectivity index (χ1n) is 9.20. The van der Waals surface area contributed by atoms with Gasteiger partial charge in [-0.15, -0.1) is 24.0 Å². The number of hydrogen-bond donors (Lipinski definition) is 2. The minimum absolute atomic E-state index is 0. The lowest BCUT2D eigenvalue weighted by Gasteiger charge is -2.22. The summed E-state index contributed by atoms with van der Waals surface area (Å²) in [6.07, 6.45) is 3.12. The zero-order valence-electron chi connectivity index (χ0n) is 16.7. The molecule has 28 heavy (non-hydrogen) atoms. The Balaban J connectivity index is 0.00000392. The van der Waals surface area contributed by atoms with Crippen LogP contribution in [0.25, 0.3) is 0 Å². The molecule has 1 unspecified atom stereocenters. The Kier molecular flexibility index (Phi) is 11.4. The van der Waals surface area contributed by atoms with E-state index in [1.54, 1.807) is 14.2 Å². The second kappa shape index (κ2) is 12.9. The summed E-state index contributed by atoms with van der Waals surface area (Å²) < 4.78 is 10.1. The van der Waals surface area contributed by atoms with Gasteiger partial charge in [0, 0.05) is 44.2 Å². The van der Waals surface area contributed by atoms with Gasteiger partial charge in [-0.2, -0.15) is 0 Å². The van der Waals surface area contributed by atoms with E-state index in [-0.39, 0.29) is 36.0 Å². The van der Waals surface area contributed by atoms with Crippen molar-refractivity contribution >= 4 is 53.2 Å². The monoisotopic (exact) mass is 524 g/mol. The summed E-state index contributed by atoms with van der Waals surface area (Å²) >= 11 is 6.15. The van der Waals surface area contributed by atoms with Crippen LogP contribution in [0.3, 0.4) is 0 Å². The third-order valence-corrected chi connectivity index (χ3v) is 4.80. The van der Waals surface area contributed by atoms with E-state index in [0.717, 1.165) is 56.3 Å². The van der Waals surface area contributed by atoms with Crippen LogP contribution in [0.5, 0.6) is 5.75 Å². The number of esters is 1. The highest BCUT2D eigenvalue weighted by Crippen LogP contribution is 2.33. The van der Waals surface area contributed by atoms with E-state index in [1.807, 2.05) is 18.2 Å². The van der Waals surface area contributed by atoms with Crippen LogP contribution in [0.1, 0.15) is 25.7 Å². The molecule has 0 aromatic heterocycles. The minimum atomic E-state index is -0.167. The van der Waals surface area contributed by atoms with Crippen LogP contribution in [-0.4, -0.2) is 58.9 Å². The molecule has 1 saturated heterocycles. The number of nitrogens with one attached hydrogen (secondary N) is 2. The number of hydrogen-bond acceptors (Lipinski definition) is 5. The summed E-state index contributed by atoms with van der Waals surface area (Å²) in [4.78, 5) is 17.7.